The van der Waals surface area contributed by atoms with Gasteiger partial charge in [-0.15, -0.1) is 0 Å². The van der Waals surface area contributed by atoms with Crippen LogP contribution in [0, 0.1) is 19.8 Å². The fraction of sp³-hybridized carbons (Fsp3) is 0.393. The average molecular weight is 505 g/mol. The Morgan fingerprint density at radius 2 is 1.89 bits per heavy atom. The van der Waals surface area contributed by atoms with Gasteiger partial charge in [0.15, 0.2) is 0 Å². The number of rotatable bonds is 6. The minimum absolute atomic E-state index is 0.496. The highest BCUT2D eigenvalue weighted by Crippen LogP contribution is 2.38. The predicted octanol–water partition coefficient (Wildman–Crippen LogP) is 5.51. The first kappa shape index (κ1) is 24.5. The molecule has 1 aliphatic rings. The van der Waals surface area contributed by atoms with Crippen LogP contribution in [0.3, 0.4) is 0 Å². The second kappa shape index (κ2) is 10.1. The van der Waals surface area contributed by atoms with Crippen molar-refractivity contribution in [2.75, 3.05) is 44.4 Å². The summed E-state index contributed by atoms with van der Waals surface area (Å²) < 4.78 is 5.50. The van der Waals surface area contributed by atoms with Gasteiger partial charge in [0.25, 0.3) is 0 Å². The van der Waals surface area contributed by atoms with Gasteiger partial charge in [-0.05, 0) is 88.0 Å². The van der Waals surface area contributed by atoms with Gasteiger partial charge in [0, 0.05) is 35.6 Å². The van der Waals surface area contributed by atoms with E-state index in [9.17, 15) is 0 Å². The van der Waals surface area contributed by atoms with Gasteiger partial charge in [-0.25, -0.2) is 4.98 Å². The molecule has 0 unspecified atom stereocenters. The van der Waals surface area contributed by atoms with E-state index in [0.717, 1.165) is 77.1 Å². The summed E-state index contributed by atoms with van der Waals surface area (Å²) in [6.07, 6.45) is 2.90. The lowest BCUT2D eigenvalue weighted by Crippen LogP contribution is -2.38. The lowest BCUT2D eigenvalue weighted by molar-refractivity contribution is 0.284. The van der Waals surface area contributed by atoms with Crippen LogP contribution in [-0.4, -0.2) is 53.8 Å². The Morgan fingerprint density at radius 1 is 1.11 bits per heavy atom. The predicted molar refractivity (Wildman–Crippen MR) is 147 cm³/mol. The van der Waals surface area contributed by atoms with Gasteiger partial charge in [0.1, 0.15) is 11.6 Å². The maximum absolute atomic E-state index is 6.69. The van der Waals surface area contributed by atoms with E-state index in [1.54, 1.807) is 0 Å². The normalized spacial score (nSPS) is 14.8. The van der Waals surface area contributed by atoms with Crippen LogP contribution < -0.4 is 10.6 Å². The van der Waals surface area contributed by atoms with Crippen molar-refractivity contribution in [3.8, 4) is 11.1 Å². The van der Waals surface area contributed by atoms with E-state index in [0.29, 0.717) is 29.1 Å². The van der Waals surface area contributed by atoms with E-state index in [-0.39, 0.29) is 0 Å². The molecule has 0 aliphatic carbocycles. The number of hydrogen-bond donors (Lipinski definition) is 1. The number of benzene rings is 2. The van der Waals surface area contributed by atoms with Crippen molar-refractivity contribution < 1.29 is 4.52 Å². The molecule has 8 heteroatoms. The molecule has 0 bridgehead atoms. The summed E-state index contributed by atoms with van der Waals surface area (Å²) in [7, 11) is 4.27. The van der Waals surface area contributed by atoms with Gasteiger partial charge in [-0.1, -0.05) is 35.0 Å². The van der Waals surface area contributed by atoms with E-state index >= 15 is 0 Å². The van der Waals surface area contributed by atoms with E-state index < -0.39 is 0 Å². The Hall–Kier alpha value is -3.16. The Kier molecular flexibility index (Phi) is 6.86. The van der Waals surface area contributed by atoms with Crippen molar-refractivity contribution >= 4 is 34.3 Å². The molecule has 0 radical (unpaired) electrons. The third kappa shape index (κ3) is 4.90. The van der Waals surface area contributed by atoms with Crippen LogP contribution in [0.1, 0.15) is 35.4 Å². The maximum atomic E-state index is 6.69. The summed E-state index contributed by atoms with van der Waals surface area (Å²) in [6, 6.07) is 12.1. The van der Waals surface area contributed by atoms with Gasteiger partial charge in [-0.3, -0.25) is 0 Å². The molecule has 0 amide bonds. The van der Waals surface area contributed by atoms with Crippen molar-refractivity contribution in [2.45, 2.75) is 33.1 Å². The van der Waals surface area contributed by atoms with Gasteiger partial charge in [0.05, 0.1) is 11.2 Å². The molecule has 36 heavy (non-hydrogen) atoms. The number of halogens is 1. The minimum atomic E-state index is 0.496. The lowest BCUT2D eigenvalue weighted by atomic mass is 9.91. The molecule has 0 saturated carbocycles. The SMILES string of the molecule is Cc1noc(C)c1-c1ccc2nc(N3CCC(CN(C)C)CC3)nc(N)c2c1Cc1cccc(Cl)c1. The van der Waals surface area contributed by atoms with E-state index in [4.69, 9.17) is 31.8 Å². The summed E-state index contributed by atoms with van der Waals surface area (Å²) >= 11 is 6.31. The Labute approximate surface area is 217 Å². The molecule has 2 aromatic heterocycles. The topological polar surface area (TPSA) is 84.3 Å². The molecule has 188 valence electrons. The maximum Gasteiger partial charge on any atom is 0.227 e. The van der Waals surface area contributed by atoms with Crippen molar-refractivity contribution in [3.05, 3.63) is 64.0 Å². The summed E-state index contributed by atoms with van der Waals surface area (Å²) in [5.74, 6) is 2.69. The molecule has 2 N–H and O–H groups in total. The van der Waals surface area contributed by atoms with Gasteiger partial charge < -0.3 is 20.1 Å². The highest BCUT2D eigenvalue weighted by Gasteiger charge is 2.24. The number of anilines is 2. The zero-order valence-corrected chi connectivity index (χ0v) is 22.1. The fourth-order valence-corrected chi connectivity index (χ4v) is 5.63. The number of nitrogens with two attached hydrogens (primary N) is 1. The third-order valence-corrected chi connectivity index (χ3v) is 7.32. The number of nitrogen functional groups attached to an aromatic ring is 1. The number of fused-ring (bicyclic) bond motifs is 1. The van der Waals surface area contributed by atoms with Crippen LogP contribution >= 0.6 is 11.6 Å². The number of nitrogens with zero attached hydrogens (tertiary/aromatic N) is 5. The minimum Gasteiger partial charge on any atom is -0.383 e. The molecule has 3 heterocycles. The first-order chi connectivity index (χ1) is 17.3. The molecular weight excluding hydrogens is 472 g/mol. The summed E-state index contributed by atoms with van der Waals surface area (Å²) in [6.45, 7) is 6.89. The van der Waals surface area contributed by atoms with Gasteiger partial charge >= 0.3 is 0 Å². The lowest BCUT2D eigenvalue weighted by Gasteiger charge is -2.33. The fourth-order valence-electron chi connectivity index (χ4n) is 5.42. The first-order valence-electron chi connectivity index (χ1n) is 12.5. The van der Waals surface area contributed by atoms with E-state index in [1.807, 2.05) is 38.1 Å². The summed E-state index contributed by atoms with van der Waals surface area (Å²) in [5.41, 5.74) is 12.5. The molecule has 5 rings (SSSR count). The monoisotopic (exact) mass is 504 g/mol. The highest BCUT2D eigenvalue weighted by atomic mass is 35.5. The van der Waals surface area contributed by atoms with Crippen molar-refractivity contribution in [2.24, 2.45) is 5.92 Å². The molecule has 1 aliphatic heterocycles. The number of aryl methyl sites for hydroxylation is 2. The molecule has 7 nitrogen and oxygen atoms in total. The summed E-state index contributed by atoms with van der Waals surface area (Å²) in [4.78, 5) is 14.3. The largest absolute Gasteiger partial charge is 0.383 e. The van der Waals surface area contributed by atoms with Crippen LogP contribution in [0.4, 0.5) is 11.8 Å². The Bertz CT molecular complexity index is 1370. The smallest absolute Gasteiger partial charge is 0.227 e. The van der Waals surface area contributed by atoms with E-state index in [1.165, 1.54) is 0 Å². The molecule has 4 aromatic rings. The second-order valence-electron chi connectivity index (χ2n) is 10.1. The quantitative estimate of drug-likeness (QED) is 0.370. The molecule has 1 fully saturated rings. The van der Waals surface area contributed by atoms with Crippen LogP contribution in [0.15, 0.2) is 40.9 Å². The first-order valence-corrected chi connectivity index (χ1v) is 12.8. The third-order valence-electron chi connectivity index (χ3n) is 7.08. The zero-order chi connectivity index (χ0) is 25.4. The standard InChI is InChI=1S/C28H33ClN6O/c1-17-25(18(2)36-33-17)22-8-9-24-26(23(22)15-20-6-5-7-21(29)14-20)27(30)32-28(31-24)35-12-10-19(11-13-35)16-34(3)4/h5-9,14,19H,10-13,15-16H2,1-4H3,(H2,30,31,32). The average Bonchev–Trinajstić information content (AvgIpc) is 3.17. The van der Waals surface area contributed by atoms with E-state index in [2.05, 4.69) is 41.2 Å². The van der Waals surface area contributed by atoms with Crippen LogP contribution in [0.5, 0.6) is 0 Å². The number of aromatic nitrogens is 3. The molecular formula is C28H33ClN6O. The van der Waals surface area contributed by atoms with Crippen molar-refractivity contribution in [1.82, 2.24) is 20.0 Å². The van der Waals surface area contributed by atoms with Crippen LogP contribution in [-0.2, 0) is 6.42 Å². The molecule has 0 atom stereocenters. The van der Waals surface area contributed by atoms with Crippen LogP contribution in [0.2, 0.25) is 5.02 Å². The number of hydrogen-bond acceptors (Lipinski definition) is 7. The molecule has 2 aromatic carbocycles. The molecule has 0 spiro atoms. The molecule has 1 saturated heterocycles. The van der Waals surface area contributed by atoms with Crippen molar-refractivity contribution in [3.63, 3.8) is 0 Å². The Balaban J connectivity index is 1.58. The van der Waals surface area contributed by atoms with Crippen molar-refractivity contribution in [1.29, 1.82) is 0 Å². The van der Waals surface area contributed by atoms with Gasteiger partial charge in [-0.2, -0.15) is 4.98 Å². The second-order valence-corrected chi connectivity index (χ2v) is 10.5. The highest BCUT2D eigenvalue weighted by molar-refractivity contribution is 6.30. The zero-order valence-electron chi connectivity index (χ0n) is 21.4. The van der Waals surface area contributed by atoms with Crippen LogP contribution in [0.25, 0.3) is 22.0 Å². The summed E-state index contributed by atoms with van der Waals surface area (Å²) in [5, 5.41) is 5.77. The Morgan fingerprint density at radius 3 is 2.56 bits per heavy atom. The van der Waals surface area contributed by atoms with Gasteiger partial charge in [0.2, 0.25) is 5.95 Å². The number of piperidine rings is 1.